The van der Waals surface area contributed by atoms with E-state index in [0.717, 1.165) is 16.3 Å². The molecule has 0 spiro atoms. The second-order valence-corrected chi connectivity index (χ2v) is 7.40. The highest BCUT2D eigenvalue weighted by Gasteiger charge is 2.09. The third-order valence-corrected chi connectivity index (χ3v) is 4.13. The van der Waals surface area contributed by atoms with Crippen LogP contribution in [0.25, 0.3) is 0 Å². The fourth-order valence-electron chi connectivity index (χ4n) is 1.96. The molecule has 21 heavy (non-hydrogen) atoms. The summed E-state index contributed by atoms with van der Waals surface area (Å²) in [7, 11) is 0. The van der Waals surface area contributed by atoms with Crippen LogP contribution in [0, 0.1) is 12.7 Å². The molecule has 0 saturated heterocycles. The van der Waals surface area contributed by atoms with Gasteiger partial charge in [0, 0.05) is 21.9 Å². The van der Waals surface area contributed by atoms with Crippen LogP contribution in [0.4, 0.5) is 4.39 Å². The van der Waals surface area contributed by atoms with Gasteiger partial charge >= 0.3 is 0 Å². The Hall–Kier alpha value is -1.32. The summed E-state index contributed by atoms with van der Waals surface area (Å²) >= 11 is 1.59. The Morgan fingerprint density at radius 1 is 1.05 bits per heavy atom. The molecule has 0 radical (unpaired) electrons. The van der Waals surface area contributed by atoms with Crippen LogP contribution in [0.1, 0.15) is 31.9 Å². The minimum absolute atomic E-state index is 0.113. The van der Waals surface area contributed by atoms with E-state index in [-0.39, 0.29) is 11.4 Å². The molecule has 1 nitrogen and oxygen atoms in total. The van der Waals surface area contributed by atoms with Crippen LogP contribution in [-0.2, 0) is 6.54 Å². The Labute approximate surface area is 131 Å². The Morgan fingerprint density at radius 3 is 2.38 bits per heavy atom. The quantitative estimate of drug-likeness (QED) is 0.836. The Bertz CT molecular complexity index is 617. The van der Waals surface area contributed by atoms with Crippen molar-refractivity contribution in [3.8, 4) is 0 Å². The first-order chi connectivity index (χ1) is 9.83. The van der Waals surface area contributed by atoms with Gasteiger partial charge in [-0.05, 0) is 69.2 Å². The van der Waals surface area contributed by atoms with Crippen molar-refractivity contribution in [2.45, 2.75) is 49.6 Å². The summed E-state index contributed by atoms with van der Waals surface area (Å²) in [5, 5.41) is 3.50. The molecule has 0 fully saturated rings. The zero-order chi connectivity index (χ0) is 15.5. The highest BCUT2D eigenvalue weighted by molar-refractivity contribution is 7.99. The lowest BCUT2D eigenvalue weighted by molar-refractivity contribution is 0.424. The molecule has 2 rings (SSSR count). The zero-order valence-corrected chi connectivity index (χ0v) is 13.9. The van der Waals surface area contributed by atoms with Crippen LogP contribution in [0.15, 0.2) is 52.3 Å². The van der Waals surface area contributed by atoms with E-state index in [9.17, 15) is 4.39 Å². The SMILES string of the molecule is Cc1cc(Sc2cccc(F)c2)ccc1CNC(C)(C)C. The number of aryl methyl sites for hydroxylation is 1. The van der Waals surface area contributed by atoms with Gasteiger partial charge in [0.2, 0.25) is 0 Å². The molecule has 3 heteroatoms. The van der Waals surface area contributed by atoms with E-state index >= 15 is 0 Å². The summed E-state index contributed by atoms with van der Waals surface area (Å²) in [6.07, 6.45) is 0. The molecule has 0 saturated carbocycles. The zero-order valence-electron chi connectivity index (χ0n) is 13.0. The number of hydrogen-bond donors (Lipinski definition) is 1. The lowest BCUT2D eigenvalue weighted by Gasteiger charge is -2.21. The molecule has 0 amide bonds. The van der Waals surface area contributed by atoms with Gasteiger partial charge in [0.25, 0.3) is 0 Å². The van der Waals surface area contributed by atoms with Gasteiger partial charge in [0.05, 0.1) is 0 Å². The van der Waals surface area contributed by atoms with E-state index in [0.29, 0.717) is 0 Å². The van der Waals surface area contributed by atoms with Gasteiger partial charge in [-0.2, -0.15) is 0 Å². The van der Waals surface area contributed by atoms with Gasteiger partial charge in [-0.1, -0.05) is 23.9 Å². The van der Waals surface area contributed by atoms with Crippen molar-refractivity contribution in [2.24, 2.45) is 0 Å². The summed E-state index contributed by atoms with van der Waals surface area (Å²) in [6, 6.07) is 13.1. The maximum absolute atomic E-state index is 13.2. The smallest absolute Gasteiger partial charge is 0.124 e. The lowest BCUT2D eigenvalue weighted by Crippen LogP contribution is -2.35. The molecule has 0 atom stereocenters. The van der Waals surface area contributed by atoms with E-state index in [1.807, 2.05) is 6.07 Å². The van der Waals surface area contributed by atoms with Crippen LogP contribution in [-0.4, -0.2) is 5.54 Å². The summed E-state index contributed by atoms with van der Waals surface area (Å²) in [6.45, 7) is 9.47. The maximum Gasteiger partial charge on any atom is 0.124 e. The maximum atomic E-state index is 13.2. The molecule has 0 aliphatic heterocycles. The van der Waals surface area contributed by atoms with Gasteiger partial charge in [-0.3, -0.25) is 0 Å². The number of nitrogens with one attached hydrogen (secondary N) is 1. The summed E-state index contributed by atoms with van der Waals surface area (Å²) < 4.78 is 13.2. The van der Waals surface area contributed by atoms with Crippen LogP contribution in [0.2, 0.25) is 0 Å². The fraction of sp³-hybridized carbons (Fsp3) is 0.333. The Morgan fingerprint density at radius 2 is 1.76 bits per heavy atom. The highest BCUT2D eigenvalue weighted by Crippen LogP contribution is 2.29. The number of hydrogen-bond acceptors (Lipinski definition) is 2. The van der Waals surface area contributed by atoms with Crippen molar-refractivity contribution in [1.82, 2.24) is 5.32 Å². The molecule has 1 N–H and O–H groups in total. The van der Waals surface area contributed by atoms with Crippen LogP contribution < -0.4 is 5.32 Å². The third-order valence-electron chi connectivity index (χ3n) is 3.16. The third kappa shape index (κ3) is 5.18. The van der Waals surface area contributed by atoms with Crippen molar-refractivity contribution in [3.05, 3.63) is 59.4 Å². The standard InChI is InChI=1S/C18H22FNS/c1-13-10-17(21-16-7-5-6-15(19)11-16)9-8-14(13)12-20-18(2,3)4/h5-11,20H,12H2,1-4H3. The normalized spacial score (nSPS) is 11.7. The molecule has 0 bridgehead atoms. The van der Waals surface area contributed by atoms with Gasteiger partial charge < -0.3 is 5.32 Å². The predicted octanol–water partition coefficient (Wildman–Crippen LogP) is 5.17. The minimum atomic E-state index is -0.192. The monoisotopic (exact) mass is 303 g/mol. The Balaban J connectivity index is 2.08. The van der Waals surface area contributed by atoms with Crippen molar-refractivity contribution >= 4 is 11.8 Å². The first-order valence-corrected chi connectivity index (χ1v) is 7.93. The summed E-state index contributed by atoms with van der Waals surface area (Å²) in [5.74, 6) is -0.192. The fourth-order valence-corrected chi connectivity index (χ4v) is 2.92. The molecule has 2 aromatic carbocycles. The molecule has 2 aromatic rings. The minimum Gasteiger partial charge on any atom is -0.308 e. The topological polar surface area (TPSA) is 12.0 Å². The number of rotatable bonds is 4. The average molecular weight is 303 g/mol. The Kier molecular flexibility index (Phi) is 5.07. The van der Waals surface area contributed by atoms with Crippen LogP contribution in [0.3, 0.4) is 0 Å². The van der Waals surface area contributed by atoms with E-state index in [1.165, 1.54) is 17.2 Å². The molecule has 112 valence electrons. The first-order valence-electron chi connectivity index (χ1n) is 7.11. The van der Waals surface area contributed by atoms with Crippen molar-refractivity contribution in [2.75, 3.05) is 0 Å². The summed E-state index contributed by atoms with van der Waals surface area (Å²) in [4.78, 5) is 2.06. The van der Waals surface area contributed by atoms with E-state index < -0.39 is 0 Å². The van der Waals surface area contributed by atoms with E-state index in [4.69, 9.17) is 0 Å². The number of halogens is 1. The second-order valence-electron chi connectivity index (χ2n) is 6.25. The lowest BCUT2D eigenvalue weighted by atomic mass is 10.1. The first kappa shape index (κ1) is 16.1. The van der Waals surface area contributed by atoms with Gasteiger partial charge in [-0.25, -0.2) is 4.39 Å². The van der Waals surface area contributed by atoms with Gasteiger partial charge in [0.1, 0.15) is 5.82 Å². The van der Waals surface area contributed by atoms with E-state index in [1.54, 1.807) is 23.9 Å². The molecule has 0 aliphatic rings. The number of benzene rings is 2. The van der Waals surface area contributed by atoms with Crippen LogP contribution in [0.5, 0.6) is 0 Å². The van der Waals surface area contributed by atoms with Crippen molar-refractivity contribution in [1.29, 1.82) is 0 Å². The van der Waals surface area contributed by atoms with E-state index in [2.05, 4.69) is 51.2 Å². The summed E-state index contributed by atoms with van der Waals surface area (Å²) in [5.41, 5.74) is 2.67. The molecule has 0 heterocycles. The molecule has 0 unspecified atom stereocenters. The van der Waals surface area contributed by atoms with Gasteiger partial charge in [0.15, 0.2) is 0 Å². The predicted molar refractivity (Wildman–Crippen MR) is 88.3 cm³/mol. The second kappa shape index (κ2) is 6.63. The largest absolute Gasteiger partial charge is 0.308 e. The van der Waals surface area contributed by atoms with Crippen molar-refractivity contribution < 1.29 is 4.39 Å². The highest BCUT2D eigenvalue weighted by atomic mass is 32.2. The molecule has 0 aliphatic carbocycles. The average Bonchev–Trinajstić information content (AvgIpc) is 2.36. The molecular formula is C18H22FNS. The molecular weight excluding hydrogens is 281 g/mol. The van der Waals surface area contributed by atoms with Crippen LogP contribution >= 0.6 is 11.8 Å². The van der Waals surface area contributed by atoms with Gasteiger partial charge in [-0.15, -0.1) is 0 Å². The molecule has 0 aromatic heterocycles. The van der Waals surface area contributed by atoms with Crippen molar-refractivity contribution in [3.63, 3.8) is 0 Å².